The lowest BCUT2D eigenvalue weighted by Gasteiger charge is -2.33. The highest BCUT2D eigenvalue weighted by Gasteiger charge is 2.28. The molecule has 0 radical (unpaired) electrons. The lowest BCUT2D eigenvalue weighted by Crippen LogP contribution is -2.39. The van der Waals surface area contributed by atoms with Crippen molar-refractivity contribution in [1.82, 2.24) is 14.7 Å². The summed E-state index contributed by atoms with van der Waals surface area (Å²) in [7, 11) is 1.94. The molecule has 4 heteroatoms. The average Bonchev–Trinajstić information content (AvgIpc) is 3.19. The average molecular weight is 374 g/mol. The van der Waals surface area contributed by atoms with E-state index in [0.717, 1.165) is 31.6 Å². The zero-order chi connectivity index (χ0) is 19.3. The van der Waals surface area contributed by atoms with Crippen LogP contribution >= 0.6 is 0 Å². The highest BCUT2D eigenvalue weighted by atomic mass is 16.2. The summed E-state index contributed by atoms with van der Waals surface area (Å²) in [6, 6.07) is 22.8. The van der Waals surface area contributed by atoms with Gasteiger partial charge in [0.1, 0.15) is 0 Å². The number of nitrogens with zero attached hydrogens (tertiary/aromatic N) is 3. The molecule has 1 atom stereocenters. The number of aromatic nitrogens is 2. The van der Waals surface area contributed by atoms with Gasteiger partial charge in [0.2, 0.25) is 5.91 Å². The first kappa shape index (κ1) is 18.5. The van der Waals surface area contributed by atoms with Crippen LogP contribution in [0.2, 0.25) is 0 Å². The summed E-state index contributed by atoms with van der Waals surface area (Å²) in [5, 5.41) is 4.56. The molecule has 2 aromatic carbocycles. The van der Waals surface area contributed by atoms with Crippen LogP contribution in [0.1, 0.15) is 47.9 Å². The quantitative estimate of drug-likeness (QED) is 0.667. The maximum absolute atomic E-state index is 13.2. The van der Waals surface area contributed by atoms with E-state index in [9.17, 15) is 4.79 Å². The third kappa shape index (κ3) is 4.16. The largest absolute Gasteiger partial charge is 0.342 e. The molecule has 4 nitrogen and oxygen atoms in total. The van der Waals surface area contributed by atoms with Crippen molar-refractivity contribution < 1.29 is 4.79 Å². The van der Waals surface area contributed by atoms with E-state index >= 15 is 0 Å². The predicted octanol–water partition coefficient (Wildman–Crippen LogP) is 4.35. The number of benzene rings is 2. The smallest absolute Gasteiger partial charge is 0.223 e. The van der Waals surface area contributed by atoms with Gasteiger partial charge in [-0.3, -0.25) is 9.48 Å². The van der Waals surface area contributed by atoms with E-state index in [-0.39, 0.29) is 11.8 Å². The van der Waals surface area contributed by atoms with E-state index in [4.69, 9.17) is 0 Å². The lowest BCUT2D eigenvalue weighted by atomic mass is 9.87. The summed E-state index contributed by atoms with van der Waals surface area (Å²) in [4.78, 5) is 15.3. The molecule has 1 saturated heterocycles. The molecule has 1 fully saturated rings. The van der Waals surface area contributed by atoms with Gasteiger partial charge in [0.25, 0.3) is 0 Å². The Hall–Kier alpha value is -2.88. The van der Waals surface area contributed by atoms with Crippen molar-refractivity contribution in [2.24, 2.45) is 7.05 Å². The number of hydrogen-bond acceptors (Lipinski definition) is 2. The molecule has 144 valence electrons. The summed E-state index contributed by atoms with van der Waals surface area (Å²) in [6.45, 7) is 1.62. The lowest BCUT2D eigenvalue weighted by molar-refractivity contribution is -0.132. The molecule has 3 aromatic rings. The third-order valence-corrected chi connectivity index (χ3v) is 5.71. The number of piperidine rings is 1. The van der Waals surface area contributed by atoms with Crippen LogP contribution in [0, 0.1) is 0 Å². The number of likely N-dealkylation sites (tertiary alicyclic amines) is 1. The molecule has 0 bridgehead atoms. The van der Waals surface area contributed by atoms with Crippen LogP contribution < -0.4 is 0 Å². The van der Waals surface area contributed by atoms with Gasteiger partial charge in [-0.1, -0.05) is 60.7 Å². The van der Waals surface area contributed by atoms with Gasteiger partial charge in [-0.2, -0.15) is 5.10 Å². The van der Waals surface area contributed by atoms with Crippen LogP contribution in [-0.4, -0.2) is 33.7 Å². The van der Waals surface area contributed by atoms with E-state index < -0.39 is 0 Å². The maximum atomic E-state index is 13.2. The van der Waals surface area contributed by atoms with Crippen LogP contribution in [0.15, 0.2) is 72.9 Å². The second-order valence-corrected chi connectivity index (χ2v) is 7.67. The van der Waals surface area contributed by atoms with E-state index in [1.165, 1.54) is 11.1 Å². The number of aryl methyl sites for hydroxylation is 1. The fourth-order valence-electron chi connectivity index (χ4n) is 4.20. The highest BCUT2D eigenvalue weighted by molar-refractivity contribution is 5.78. The molecule has 0 N–H and O–H groups in total. The van der Waals surface area contributed by atoms with Gasteiger partial charge in [-0.15, -0.1) is 0 Å². The maximum Gasteiger partial charge on any atom is 0.223 e. The van der Waals surface area contributed by atoms with Crippen LogP contribution in [0.5, 0.6) is 0 Å². The predicted molar refractivity (Wildman–Crippen MR) is 111 cm³/mol. The van der Waals surface area contributed by atoms with Crippen LogP contribution in [-0.2, 0) is 11.8 Å². The van der Waals surface area contributed by atoms with E-state index in [0.29, 0.717) is 12.3 Å². The topological polar surface area (TPSA) is 38.1 Å². The minimum absolute atomic E-state index is 0.0881. The Labute approximate surface area is 166 Å². The summed E-state index contributed by atoms with van der Waals surface area (Å²) < 4.78 is 1.84. The minimum atomic E-state index is 0.0881. The Balaban J connectivity index is 1.51. The minimum Gasteiger partial charge on any atom is -0.342 e. The van der Waals surface area contributed by atoms with Gasteiger partial charge in [0.05, 0.1) is 5.69 Å². The Bertz CT molecular complexity index is 864. The summed E-state index contributed by atoms with van der Waals surface area (Å²) in [6.07, 6.45) is 4.62. The molecule has 1 unspecified atom stereocenters. The van der Waals surface area contributed by atoms with Crippen LogP contribution in [0.25, 0.3) is 0 Å². The molecule has 1 amide bonds. The summed E-state index contributed by atoms with van der Waals surface area (Å²) in [5.41, 5.74) is 3.49. The molecular formula is C24H27N3O. The molecule has 4 rings (SSSR count). The normalized spacial score (nSPS) is 17.1. The van der Waals surface area contributed by atoms with Crippen molar-refractivity contribution in [2.75, 3.05) is 13.1 Å². The molecule has 0 spiro atoms. The molecule has 1 aromatic heterocycles. The van der Waals surface area contributed by atoms with E-state index in [1.54, 1.807) is 0 Å². The first-order valence-electron chi connectivity index (χ1n) is 10.1. The van der Waals surface area contributed by atoms with Gasteiger partial charge in [0, 0.05) is 44.6 Å². The SMILES string of the molecule is Cn1ccc(C2CCCN(C(=O)CC(c3ccccc3)c3ccccc3)C2)n1. The fraction of sp³-hybridized carbons (Fsp3) is 0.333. The first-order valence-corrected chi connectivity index (χ1v) is 10.1. The van der Waals surface area contributed by atoms with Gasteiger partial charge in [-0.05, 0) is 30.0 Å². The number of rotatable bonds is 5. The van der Waals surface area contributed by atoms with Crippen molar-refractivity contribution >= 4 is 5.91 Å². The van der Waals surface area contributed by atoms with Crippen molar-refractivity contribution in [3.63, 3.8) is 0 Å². The van der Waals surface area contributed by atoms with Crippen molar-refractivity contribution in [2.45, 2.75) is 31.1 Å². The Morgan fingerprint density at radius 3 is 2.25 bits per heavy atom. The van der Waals surface area contributed by atoms with E-state index in [2.05, 4.69) is 35.4 Å². The molecule has 28 heavy (non-hydrogen) atoms. The number of carbonyl (C=O) groups is 1. The molecule has 1 aliphatic rings. The Morgan fingerprint density at radius 1 is 1.04 bits per heavy atom. The van der Waals surface area contributed by atoms with E-state index in [1.807, 2.05) is 59.2 Å². The van der Waals surface area contributed by atoms with Gasteiger partial charge < -0.3 is 4.90 Å². The zero-order valence-electron chi connectivity index (χ0n) is 16.4. The number of amides is 1. The second kappa shape index (κ2) is 8.42. The number of hydrogen-bond donors (Lipinski definition) is 0. The first-order chi connectivity index (χ1) is 13.7. The summed E-state index contributed by atoms with van der Waals surface area (Å²) in [5.74, 6) is 0.661. The molecular weight excluding hydrogens is 346 g/mol. The Kier molecular flexibility index (Phi) is 5.56. The Morgan fingerprint density at radius 2 is 1.68 bits per heavy atom. The standard InChI is InChI=1S/C24H27N3O/c1-26-16-14-23(25-26)21-13-8-15-27(18-21)24(28)17-22(19-9-4-2-5-10-19)20-11-6-3-7-12-20/h2-7,9-12,14,16,21-22H,8,13,15,17-18H2,1H3. The zero-order valence-corrected chi connectivity index (χ0v) is 16.4. The molecule has 1 aliphatic heterocycles. The van der Waals surface area contributed by atoms with Gasteiger partial charge in [0.15, 0.2) is 0 Å². The highest BCUT2D eigenvalue weighted by Crippen LogP contribution is 2.31. The molecule has 2 heterocycles. The van der Waals surface area contributed by atoms with Crippen molar-refractivity contribution in [1.29, 1.82) is 0 Å². The summed E-state index contributed by atoms with van der Waals surface area (Å²) >= 11 is 0. The molecule has 0 saturated carbocycles. The number of carbonyl (C=O) groups excluding carboxylic acids is 1. The second-order valence-electron chi connectivity index (χ2n) is 7.67. The fourth-order valence-corrected chi connectivity index (χ4v) is 4.20. The van der Waals surface area contributed by atoms with Crippen molar-refractivity contribution in [3.05, 3.63) is 89.7 Å². The third-order valence-electron chi connectivity index (χ3n) is 5.71. The monoisotopic (exact) mass is 373 g/mol. The van der Waals surface area contributed by atoms with Crippen LogP contribution in [0.3, 0.4) is 0 Å². The molecule has 0 aliphatic carbocycles. The van der Waals surface area contributed by atoms with Gasteiger partial charge in [-0.25, -0.2) is 0 Å². The van der Waals surface area contributed by atoms with Gasteiger partial charge >= 0.3 is 0 Å². The van der Waals surface area contributed by atoms with Crippen LogP contribution in [0.4, 0.5) is 0 Å². The van der Waals surface area contributed by atoms with Crippen molar-refractivity contribution in [3.8, 4) is 0 Å².